The first kappa shape index (κ1) is 20.3. The Balaban J connectivity index is 1.47. The van der Waals surface area contributed by atoms with E-state index in [1.165, 1.54) is 11.3 Å². The number of amides is 1. The van der Waals surface area contributed by atoms with E-state index in [0.29, 0.717) is 21.4 Å². The van der Waals surface area contributed by atoms with Gasteiger partial charge in [0.2, 0.25) is 0 Å². The lowest BCUT2D eigenvalue weighted by atomic mass is 10.2. The van der Waals surface area contributed by atoms with E-state index in [0.717, 1.165) is 15.8 Å². The fourth-order valence-corrected chi connectivity index (χ4v) is 4.94. The van der Waals surface area contributed by atoms with Gasteiger partial charge in [0.1, 0.15) is 0 Å². The van der Waals surface area contributed by atoms with Crippen molar-refractivity contribution in [3.8, 4) is 0 Å². The average molecular weight is 458 g/mol. The number of carbonyl (C=O) groups is 1. The number of sulfonamides is 1. The van der Waals surface area contributed by atoms with Gasteiger partial charge in [-0.1, -0.05) is 40.6 Å². The highest BCUT2D eigenvalue weighted by Crippen LogP contribution is 2.28. The van der Waals surface area contributed by atoms with Gasteiger partial charge in [0.15, 0.2) is 5.13 Å². The van der Waals surface area contributed by atoms with Gasteiger partial charge in [0.05, 0.1) is 15.1 Å². The van der Waals surface area contributed by atoms with Crippen molar-refractivity contribution in [1.29, 1.82) is 0 Å². The molecule has 0 saturated heterocycles. The van der Waals surface area contributed by atoms with Crippen molar-refractivity contribution in [2.75, 3.05) is 10.0 Å². The molecule has 0 aliphatic rings. The molecule has 2 N–H and O–H groups in total. The Labute approximate surface area is 182 Å². The molecule has 1 aromatic heterocycles. The number of nitrogens with one attached hydrogen (secondary N) is 2. The van der Waals surface area contributed by atoms with Crippen LogP contribution in [0, 0.1) is 6.92 Å². The topological polar surface area (TPSA) is 88.2 Å². The summed E-state index contributed by atoms with van der Waals surface area (Å²) in [6.45, 7) is 1.89. The van der Waals surface area contributed by atoms with Crippen LogP contribution in [0.25, 0.3) is 10.2 Å². The second-order valence-electron chi connectivity index (χ2n) is 6.58. The van der Waals surface area contributed by atoms with Crippen LogP contribution in [-0.2, 0) is 10.0 Å². The number of carbonyl (C=O) groups excluding carboxylic acids is 1. The normalized spacial score (nSPS) is 11.4. The fraction of sp³-hybridized carbons (Fsp3) is 0.0476. The van der Waals surface area contributed by atoms with E-state index in [2.05, 4.69) is 15.0 Å². The van der Waals surface area contributed by atoms with Crippen molar-refractivity contribution in [2.45, 2.75) is 11.8 Å². The van der Waals surface area contributed by atoms with Gasteiger partial charge in [-0.15, -0.1) is 0 Å². The molecule has 1 amide bonds. The lowest BCUT2D eigenvalue weighted by Gasteiger charge is -2.09. The van der Waals surface area contributed by atoms with Crippen LogP contribution < -0.4 is 10.0 Å². The molecule has 0 saturated carbocycles. The third-order valence-corrected chi connectivity index (χ3v) is 6.87. The first-order valence-electron chi connectivity index (χ1n) is 8.87. The van der Waals surface area contributed by atoms with E-state index in [1.54, 1.807) is 66.7 Å². The summed E-state index contributed by atoms with van der Waals surface area (Å²) in [5.74, 6) is -0.340. The second kappa shape index (κ2) is 8.06. The van der Waals surface area contributed by atoms with Crippen molar-refractivity contribution in [2.24, 2.45) is 0 Å². The van der Waals surface area contributed by atoms with Crippen molar-refractivity contribution < 1.29 is 13.2 Å². The van der Waals surface area contributed by atoms with E-state index >= 15 is 0 Å². The molecule has 0 atom stereocenters. The monoisotopic (exact) mass is 457 g/mol. The van der Waals surface area contributed by atoms with Gasteiger partial charge in [-0.05, 0) is 61.5 Å². The van der Waals surface area contributed by atoms with Gasteiger partial charge in [0, 0.05) is 16.3 Å². The standard InChI is InChI=1S/C21H16ClN3O3S2/c1-13-2-9-17(10-3-13)30(27,28)25-16-7-4-14(5-8-16)20(26)24-21-23-18-11-6-15(22)12-19(18)29-21/h2-12,25H,1H3,(H,23,24,26). The molecule has 9 heteroatoms. The van der Waals surface area contributed by atoms with Crippen LogP contribution in [0.5, 0.6) is 0 Å². The Morgan fingerprint density at radius 2 is 1.70 bits per heavy atom. The lowest BCUT2D eigenvalue weighted by Crippen LogP contribution is -2.14. The summed E-state index contributed by atoms with van der Waals surface area (Å²) < 4.78 is 28.3. The zero-order valence-electron chi connectivity index (χ0n) is 15.7. The molecular weight excluding hydrogens is 442 g/mol. The number of rotatable bonds is 5. The molecule has 6 nitrogen and oxygen atoms in total. The van der Waals surface area contributed by atoms with Crippen LogP contribution in [0.2, 0.25) is 5.02 Å². The fourth-order valence-electron chi connectivity index (χ4n) is 2.74. The van der Waals surface area contributed by atoms with Gasteiger partial charge >= 0.3 is 0 Å². The SMILES string of the molecule is Cc1ccc(S(=O)(=O)Nc2ccc(C(=O)Nc3nc4ccc(Cl)cc4s3)cc2)cc1. The Morgan fingerprint density at radius 3 is 2.40 bits per heavy atom. The maximum Gasteiger partial charge on any atom is 0.261 e. The third kappa shape index (κ3) is 4.46. The average Bonchev–Trinajstić information content (AvgIpc) is 3.09. The van der Waals surface area contributed by atoms with E-state index < -0.39 is 10.0 Å². The van der Waals surface area contributed by atoms with Crippen molar-refractivity contribution >= 4 is 59.9 Å². The van der Waals surface area contributed by atoms with Crippen LogP contribution in [0.3, 0.4) is 0 Å². The van der Waals surface area contributed by atoms with Gasteiger partial charge in [-0.3, -0.25) is 14.8 Å². The Morgan fingerprint density at radius 1 is 1.00 bits per heavy atom. The summed E-state index contributed by atoms with van der Waals surface area (Å²) in [4.78, 5) is 17.0. The van der Waals surface area contributed by atoms with Crippen LogP contribution in [0.1, 0.15) is 15.9 Å². The molecule has 3 aromatic carbocycles. The van der Waals surface area contributed by atoms with E-state index in [9.17, 15) is 13.2 Å². The van der Waals surface area contributed by atoms with Crippen LogP contribution in [-0.4, -0.2) is 19.3 Å². The highest BCUT2D eigenvalue weighted by atomic mass is 35.5. The summed E-state index contributed by atoms with van der Waals surface area (Å²) in [6, 6.07) is 18.1. The van der Waals surface area contributed by atoms with Gasteiger partial charge in [0.25, 0.3) is 15.9 Å². The van der Waals surface area contributed by atoms with E-state index in [1.807, 2.05) is 6.92 Å². The van der Waals surface area contributed by atoms with Crippen molar-refractivity contribution in [1.82, 2.24) is 4.98 Å². The Kier molecular flexibility index (Phi) is 5.46. The summed E-state index contributed by atoms with van der Waals surface area (Å²) >= 11 is 7.30. The Hall–Kier alpha value is -2.94. The smallest absolute Gasteiger partial charge is 0.261 e. The molecule has 0 aliphatic heterocycles. The maximum atomic E-state index is 12.5. The summed E-state index contributed by atoms with van der Waals surface area (Å²) in [6.07, 6.45) is 0. The highest BCUT2D eigenvalue weighted by molar-refractivity contribution is 7.92. The summed E-state index contributed by atoms with van der Waals surface area (Å²) in [5.41, 5.74) is 2.47. The number of benzene rings is 3. The van der Waals surface area contributed by atoms with Gasteiger partial charge < -0.3 is 0 Å². The number of aromatic nitrogens is 1. The number of anilines is 2. The lowest BCUT2D eigenvalue weighted by molar-refractivity contribution is 0.102. The predicted molar refractivity (Wildman–Crippen MR) is 121 cm³/mol. The first-order valence-corrected chi connectivity index (χ1v) is 11.5. The molecule has 4 rings (SSSR count). The highest BCUT2D eigenvalue weighted by Gasteiger charge is 2.15. The second-order valence-corrected chi connectivity index (χ2v) is 9.73. The molecule has 0 radical (unpaired) electrons. The van der Waals surface area contributed by atoms with Crippen LogP contribution in [0.15, 0.2) is 71.6 Å². The predicted octanol–water partition coefficient (Wildman–Crippen LogP) is 5.31. The molecular formula is C21H16ClN3O3S2. The third-order valence-electron chi connectivity index (χ3n) is 4.30. The van der Waals surface area contributed by atoms with Gasteiger partial charge in [-0.25, -0.2) is 13.4 Å². The number of thiazole rings is 1. The maximum absolute atomic E-state index is 12.5. The molecule has 30 heavy (non-hydrogen) atoms. The van der Waals surface area contributed by atoms with E-state index in [-0.39, 0.29) is 10.8 Å². The number of hydrogen-bond donors (Lipinski definition) is 2. The molecule has 0 unspecified atom stereocenters. The minimum Gasteiger partial charge on any atom is -0.298 e. The number of fused-ring (bicyclic) bond motifs is 1. The number of halogens is 1. The molecule has 152 valence electrons. The molecule has 0 spiro atoms. The largest absolute Gasteiger partial charge is 0.298 e. The van der Waals surface area contributed by atoms with Crippen LogP contribution in [0.4, 0.5) is 10.8 Å². The number of hydrogen-bond acceptors (Lipinski definition) is 5. The first-order chi connectivity index (χ1) is 14.3. The van der Waals surface area contributed by atoms with Crippen molar-refractivity contribution in [3.05, 3.63) is 82.9 Å². The van der Waals surface area contributed by atoms with Crippen LogP contribution >= 0.6 is 22.9 Å². The zero-order valence-corrected chi connectivity index (χ0v) is 18.1. The zero-order chi connectivity index (χ0) is 21.3. The molecule has 0 aliphatic carbocycles. The quantitative estimate of drug-likeness (QED) is 0.425. The minimum atomic E-state index is -3.70. The molecule has 4 aromatic rings. The summed E-state index contributed by atoms with van der Waals surface area (Å²) in [7, 11) is -3.70. The molecule has 0 fully saturated rings. The number of nitrogens with zero attached hydrogens (tertiary/aromatic N) is 1. The number of aryl methyl sites for hydroxylation is 1. The van der Waals surface area contributed by atoms with E-state index in [4.69, 9.17) is 11.6 Å². The molecule has 0 bridgehead atoms. The molecule has 1 heterocycles. The van der Waals surface area contributed by atoms with Gasteiger partial charge in [-0.2, -0.15) is 0 Å². The Bertz CT molecular complexity index is 1330. The summed E-state index contributed by atoms with van der Waals surface area (Å²) in [5, 5.41) is 3.82. The minimum absolute atomic E-state index is 0.172. The van der Waals surface area contributed by atoms with Crippen molar-refractivity contribution in [3.63, 3.8) is 0 Å².